The van der Waals surface area contributed by atoms with Crippen LogP contribution in [0, 0.1) is 11.8 Å². The molecule has 2 saturated heterocycles. The molecule has 2 aliphatic rings. The number of carbonyl (C=O) groups is 1. The van der Waals surface area contributed by atoms with Crippen molar-refractivity contribution in [3.8, 4) is 0 Å². The van der Waals surface area contributed by atoms with E-state index in [1.54, 1.807) is 7.05 Å². The first-order chi connectivity index (χ1) is 15.1. The summed E-state index contributed by atoms with van der Waals surface area (Å²) in [5.41, 5.74) is 1.38. The van der Waals surface area contributed by atoms with Crippen molar-refractivity contribution in [1.29, 1.82) is 0 Å². The number of piperidine rings is 1. The van der Waals surface area contributed by atoms with Crippen LogP contribution in [0.15, 0.2) is 35.3 Å². The predicted octanol–water partition coefficient (Wildman–Crippen LogP) is 2.99. The van der Waals surface area contributed by atoms with Gasteiger partial charge in [-0.1, -0.05) is 37.3 Å². The summed E-state index contributed by atoms with van der Waals surface area (Å²) in [5, 5.41) is 3.42. The van der Waals surface area contributed by atoms with Crippen LogP contribution in [0.3, 0.4) is 0 Å². The van der Waals surface area contributed by atoms with E-state index < -0.39 is 0 Å². The highest BCUT2D eigenvalue weighted by Crippen LogP contribution is 2.24. The number of hydrogen-bond donors (Lipinski definition) is 1. The third kappa shape index (κ3) is 7.88. The Hall–Kier alpha value is -1.39. The first-order valence-electron chi connectivity index (χ1n) is 11.5. The number of ether oxygens (including phenoxy) is 2. The molecular formula is C24H39IN4O3. The van der Waals surface area contributed by atoms with Crippen molar-refractivity contribution >= 4 is 35.9 Å². The number of likely N-dealkylation sites (tertiary alicyclic amines) is 2. The minimum Gasteiger partial charge on any atom is -0.469 e. The molecule has 2 aliphatic heterocycles. The zero-order chi connectivity index (χ0) is 22.1. The Labute approximate surface area is 209 Å². The molecule has 0 aliphatic carbocycles. The van der Waals surface area contributed by atoms with Crippen LogP contribution in [0.25, 0.3) is 0 Å². The van der Waals surface area contributed by atoms with Crippen molar-refractivity contribution < 1.29 is 14.3 Å². The molecule has 1 aromatic carbocycles. The lowest BCUT2D eigenvalue weighted by Gasteiger charge is -2.32. The van der Waals surface area contributed by atoms with Gasteiger partial charge in [0.2, 0.25) is 0 Å². The van der Waals surface area contributed by atoms with E-state index in [9.17, 15) is 4.79 Å². The van der Waals surface area contributed by atoms with Crippen LogP contribution in [0.4, 0.5) is 0 Å². The van der Waals surface area contributed by atoms with Crippen LogP contribution in [-0.2, 0) is 20.8 Å². The predicted molar refractivity (Wildman–Crippen MR) is 138 cm³/mol. The Bertz CT molecular complexity index is 710. The van der Waals surface area contributed by atoms with Crippen molar-refractivity contribution in [2.24, 2.45) is 16.8 Å². The Morgan fingerprint density at radius 1 is 1.19 bits per heavy atom. The maximum Gasteiger partial charge on any atom is 0.310 e. The zero-order valence-corrected chi connectivity index (χ0v) is 22.0. The van der Waals surface area contributed by atoms with Gasteiger partial charge in [0.05, 0.1) is 19.1 Å². The maximum atomic E-state index is 11.9. The van der Waals surface area contributed by atoms with Crippen molar-refractivity contribution in [3.63, 3.8) is 0 Å². The number of guanidine groups is 1. The Morgan fingerprint density at radius 2 is 1.91 bits per heavy atom. The summed E-state index contributed by atoms with van der Waals surface area (Å²) < 4.78 is 11.0. The van der Waals surface area contributed by atoms with Crippen LogP contribution in [0.2, 0.25) is 0 Å². The average Bonchev–Trinajstić information content (AvgIpc) is 3.18. The van der Waals surface area contributed by atoms with E-state index in [1.807, 2.05) is 0 Å². The van der Waals surface area contributed by atoms with E-state index in [0.717, 1.165) is 64.6 Å². The van der Waals surface area contributed by atoms with Gasteiger partial charge in [0.25, 0.3) is 0 Å². The number of aliphatic imine (C=N–C) groups is 1. The standard InChI is InChI=1S/C24H38N4O3.HI/c1-19-16-28(18-22(19)23(29)30-3)24(25-2)26-12-7-15-31-21-10-13-27(14-11-21)17-20-8-5-4-6-9-20;/h4-6,8-9,19,21-22H,7,10-18H2,1-3H3,(H,25,26);1H. The molecule has 2 atom stereocenters. The Morgan fingerprint density at radius 3 is 2.56 bits per heavy atom. The van der Waals surface area contributed by atoms with Gasteiger partial charge in [-0.15, -0.1) is 24.0 Å². The van der Waals surface area contributed by atoms with Crippen LogP contribution < -0.4 is 5.32 Å². The van der Waals surface area contributed by atoms with E-state index >= 15 is 0 Å². The monoisotopic (exact) mass is 558 g/mol. The number of halogens is 1. The first kappa shape index (κ1) is 26.9. The summed E-state index contributed by atoms with van der Waals surface area (Å²) in [6.07, 6.45) is 3.50. The third-order valence-corrected chi connectivity index (χ3v) is 6.37. The number of benzene rings is 1. The van der Waals surface area contributed by atoms with Gasteiger partial charge in [0, 0.05) is 52.9 Å². The fourth-order valence-corrected chi connectivity index (χ4v) is 4.53. The SMILES string of the molecule is CN=C(NCCCOC1CCN(Cc2ccccc2)CC1)N1CC(C)C(C(=O)OC)C1.I. The van der Waals surface area contributed by atoms with Gasteiger partial charge in [-0.3, -0.25) is 14.7 Å². The van der Waals surface area contributed by atoms with E-state index in [-0.39, 0.29) is 41.8 Å². The topological polar surface area (TPSA) is 66.4 Å². The summed E-state index contributed by atoms with van der Waals surface area (Å²) >= 11 is 0. The number of hydrogen-bond acceptors (Lipinski definition) is 5. The quantitative estimate of drug-likeness (QED) is 0.174. The van der Waals surface area contributed by atoms with Crippen LogP contribution in [0.5, 0.6) is 0 Å². The lowest BCUT2D eigenvalue weighted by Crippen LogP contribution is -2.41. The number of carbonyl (C=O) groups excluding carboxylic acids is 1. The van der Waals surface area contributed by atoms with Gasteiger partial charge >= 0.3 is 5.97 Å². The second-order valence-corrected chi connectivity index (χ2v) is 8.67. The smallest absolute Gasteiger partial charge is 0.310 e. The fourth-order valence-electron chi connectivity index (χ4n) is 4.53. The van der Waals surface area contributed by atoms with E-state index in [1.165, 1.54) is 12.7 Å². The Balaban J connectivity index is 0.00000363. The van der Waals surface area contributed by atoms with E-state index in [4.69, 9.17) is 9.47 Å². The maximum absolute atomic E-state index is 11.9. The third-order valence-electron chi connectivity index (χ3n) is 6.37. The van der Waals surface area contributed by atoms with Gasteiger partial charge in [-0.05, 0) is 30.7 Å². The minimum absolute atomic E-state index is 0. The molecule has 180 valence electrons. The number of nitrogens with one attached hydrogen (secondary N) is 1. The first-order valence-corrected chi connectivity index (χ1v) is 11.5. The van der Waals surface area contributed by atoms with E-state index in [0.29, 0.717) is 12.6 Å². The highest BCUT2D eigenvalue weighted by molar-refractivity contribution is 14.0. The van der Waals surface area contributed by atoms with Crippen molar-refractivity contribution in [2.75, 3.05) is 53.5 Å². The molecule has 0 aromatic heterocycles. The van der Waals surface area contributed by atoms with Gasteiger partial charge in [-0.25, -0.2) is 0 Å². The van der Waals surface area contributed by atoms with Crippen LogP contribution >= 0.6 is 24.0 Å². The van der Waals surface area contributed by atoms with Gasteiger partial charge in [0.1, 0.15) is 0 Å². The average molecular weight is 559 g/mol. The molecule has 0 saturated carbocycles. The summed E-state index contributed by atoms with van der Waals surface area (Å²) in [6, 6.07) is 10.7. The lowest BCUT2D eigenvalue weighted by molar-refractivity contribution is -0.145. The summed E-state index contributed by atoms with van der Waals surface area (Å²) in [5.74, 6) is 0.905. The molecule has 0 radical (unpaired) electrons. The molecule has 32 heavy (non-hydrogen) atoms. The second-order valence-electron chi connectivity index (χ2n) is 8.67. The molecular weight excluding hydrogens is 519 g/mol. The number of methoxy groups -OCH3 is 1. The zero-order valence-electron chi connectivity index (χ0n) is 19.7. The fraction of sp³-hybridized carbons (Fsp3) is 0.667. The molecule has 2 unspecified atom stereocenters. The molecule has 0 amide bonds. The summed E-state index contributed by atoms with van der Waals surface area (Å²) in [6.45, 7) is 8.36. The van der Waals surface area contributed by atoms with Gasteiger partial charge < -0.3 is 19.7 Å². The Kier molecular flexibility index (Phi) is 11.7. The molecule has 0 bridgehead atoms. The summed E-state index contributed by atoms with van der Waals surface area (Å²) in [7, 11) is 3.25. The van der Waals surface area contributed by atoms with E-state index in [2.05, 4.69) is 57.4 Å². The van der Waals surface area contributed by atoms with Crippen molar-refractivity contribution in [3.05, 3.63) is 35.9 Å². The van der Waals surface area contributed by atoms with Gasteiger partial charge in [-0.2, -0.15) is 0 Å². The number of esters is 1. The molecule has 1 N–H and O–H groups in total. The highest BCUT2D eigenvalue weighted by atomic mass is 127. The number of rotatable bonds is 8. The van der Waals surface area contributed by atoms with Crippen LogP contribution in [0.1, 0.15) is 31.7 Å². The largest absolute Gasteiger partial charge is 0.469 e. The molecule has 1 aromatic rings. The molecule has 3 rings (SSSR count). The molecule has 2 fully saturated rings. The molecule has 8 heteroatoms. The van der Waals surface area contributed by atoms with Crippen molar-refractivity contribution in [2.45, 2.75) is 38.8 Å². The lowest BCUT2D eigenvalue weighted by atomic mass is 9.99. The molecule has 7 nitrogen and oxygen atoms in total. The number of nitrogens with zero attached hydrogens (tertiary/aromatic N) is 3. The molecule has 2 heterocycles. The highest BCUT2D eigenvalue weighted by Gasteiger charge is 2.36. The normalized spacial score (nSPS) is 22.5. The summed E-state index contributed by atoms with van der Waals surface area (Å²) in [4.78, 5) is 21.0. The van der Waals surface area contributed by atoms with Gasteiger partial charge in [0.15, 0.2) is 5.96 Å². The minimum atomic E-state index is -0.131. The van der Waals surface area contributed by atoms with Crippen LogP contribution in [-0.4, -0.2) is 81.3 Å². The molecule has 0 spiro atoms. The second kappa shape index (κ2) is 14.0. The van der Waals surface area contributed by atoms with Crippen molar-refractivity contribution in [1.82, 2.24) is 15.1 Å².